The van der Waals surface area contributed by atoms with Crippen molar-refractivity contribution in [2.24, 2.45) is 0 Å². The zero-order valence-corrected chi connectivity index (χ0v) is 19.0. The predicted molar refractivity (Wildman–Crippen MR) is 124 cm³/mol. The van der Waals surface area contributed by atoms with Crippen molar-refractivity contribution >= 4 is 16.7 Å². The van der Waals surface area contributed by atoms with Gasteiger partial charge in [0.05, 0.1) is 25.4 Å². The highest BCUT2D eigenvalue weighted by Crippen LogP contribution is 2.40. The van der Waals surface area contributed by atoms with Crippen molar-refractivity contribution in [2.75, 3.05) is 20.2 Å². The Balaban J connectivity index is 1.80. The number of likely N-dealkylation sites (tertiary alicyclic amines) is 1. The molecule has 1 saturated heterocycles. The highest BCUT2D eigenvalue weighted by Gasteiger charge is 2.29. The van der Waals surface area contributed by atoms with Crippen LogP contribution >= 0.6 is 0 Å². The zero-order chi connectivity index (χ0) is 23.5. The van der Waals surface area contributed by atoms with E-state index in [1.807, 2.05) is 24.3 Å². The van der Waals surface area contributed by atoms with Gasteiger partial charge in [-0.2, -0.15) is 5.26 Å². The molecule has 1 aliphatic heterocycles. The SMILES string of the molecule is COc1ccc2c(-c3ccc(F)cc3)c(C(C)C)nc(O[C@H]3CCN(C(=O)CC#N)C3)c2c1. The summed E-state index contributed by atoms with van der Waals surface area (Å²) in [4.78, 5) is 18.7. The minimum atomic E-state index is -0.291. The number of hydrogen-bond acceptors (Lipinski definition) is 5. The van der Waals surface area contributed by atoms with Gasteiger partial charge in [-0.1, -0.05) is 26.0 Å². The lowest BCUT2D eigenvalue weighted by molar-refractivity contribution is -0.129. The van der Waals surface area contributed by atoms with Gasteiger partial charge in [-0.3, -0.25) is 4.79 Å². The third kappa shape index (κ3) is 4.61. The summed E-state index contributed by atoms with van der Waals surface area (Å²) in [5.41, 5.74) is 2.67. The number of hydrogen-bond donors (Lipinski definition) is 0. The molecule has 33 heavy (non-hydrogen) atoms. The van der Waals surface area contributed by atoms with Gasteiger partial charge in [-0.25, -0.2) is 9.37 Å². The number of benzene rings is 2. The molecule has 170 valence electrons. The summed E-state index contributed by atoms with van der Waals surface area (Å²) in [6, 6.07) is 14.1. The van der Waals surface area contributed by atoms with Gasteiger partial charge < -0.3 is 14.4 Å². The summed E-state index contributed by atoms with van der Waals surface area (Å²) in [6.07, 6.45) is 0.321. The Morgan fingerprint density at radius 1 is 1.24 bits per heavy atom. The molecular formula is C26H26FN3O3. The molecule has 3 aromatic rings. The van der Waals surface area contributed by atoms with Gasteiger partial charge >= 0.3 is 0 Å². The van der Waals surface area contributed by atoms with Crippen molar-refractivity contribution in [1.82, 2.24) is 9.88 Å². The maximum atomic E-state index is 13.6. The zero-order valence-electron chi connectivity index (χ0n) is 19.0. The lowest BCUT2D eigenvalue weighted by atomic mass is 9.92. The van der Waals surface area contributed by atoms with E-state index < -0.39 is 0 Å². The van der Waals surface area contributed by atoms with E-state index in [0.29, 0.717) is 31.1 Å². The lowest BCUT2D eigenvalue weighted by Gasteiger charge is -2.21. The Labute approximate surface area is 192 Å². The van der Waals surface area contributed by atoms with Crippen LogP contribution in [0.3, 0.4) is 0 Å². The number of fused-ring (bicyclic) bond motifs is 1. The summed E-state index contributed by atoms with van der Waals surface area (Å²) < 4.78 is 25.4. The van der Waals surface area contributed by atoms with E-state index in [9.17, 15) is 9.18 Å². The first-order chi connectivity index (χ1) is 15.9. The first kappa shape index (κ1) is 22.5. The smallest absolute Gasteiger partial charge is 0.236 e. The molecule has 6 nitrogen and oxygen atoms in total. The van der Waals surface area contributed by atoms with Crippen LogP contribution in [0.15, 0.2) is 42.5 Å². The van der Waals surface area contributed by atoms with Crippen LogP contribution < -0.4 is 9.47 Å². The van der Waals surface area contributed by atoms with Crippen molar-refractivity contribution in [1.29, 1.82) is 5.26 Å². The molecule has 0 saturated carbocycles. The lowest BCUT2D eigenvalue weighted by Crippen LogP contribution is -2.30. The number of ether oxygens (including phenoxy) is 2. The quantitative estimate of drug-likeness (QED) is 0.528. The molecule has 0 bridgehead atoms. The molecule has 0 radical (unpaired) electrons. The summed E-state index contributed by atoms with van der Waals surface area (Å²) in [5.74, 6) is 0.779. The Morgan fingerprint density at radius 2 is 2.00 bits per heavy atom. The average molecular weight is 448 g/mol. The van der Waals surface area contributed by atoms with Crippen molar-refractivity contribution in [3.05, 3.63) is 54.0 Å². The topological polar surface area (TPSA) is 75.5 Å². The Kier molecular flexibility index (Phi) is 6.45. The van der Waals surface area contributed by atoms with Gasteiger partial charge in [0.25, 0.3) is 0 Å². The van der Waals surface area contributed by atoms with E-state index in [0.717, 1.165) is 27.6 Å². The second-order valence-corrected chi connectivity index (χ2v) is 8.45. The largest absolute Gasteiger partial charge is 0.497 e. The van der Waals surface area contributed by atoms with E-state index in [1.165, 1.54) is 12.1 Å². The number of halogens is 1. The van der Waals surface area contributed by atoms with Gasteiger partial charge in [0, 0.05) is 23.9 Å². The number of amides is 1. The third-order valence-corrected chi connectivity index (χ3v) is 5.89. The van der Waals surface area contributed by atoms with Crippen LogP contribution in [-0.2, 0) is 4.79 Å². The molecule has 2 aromatic carbocycles. The van der Waals surface area contributed by atoms with E-state index in [1.54, 1.807) is 24.1 Å². The van der Waals surface area contributed by atoms with E-state index in [2.05, 4.69) is 13.8 Å². The normalized spacial score (nSPS) is 15.6. The van der Waals surface area contributed by atoms with Crippen LogP contribution in [0.4, 0.5) is 4.39 Å². The number of aromatic nitrogens is 1. The Hall–Kier alpha value is -3.66. The van der Waals surface area contributed by atoms with Crippen LogP contribution in [0.5, 0.6) is 11.6 Å². The predicted octanol–water partition coefficient (Wildman–Crippen LogP) is 5.07. The van der Waals surface area contributed by atoms with Crippen LogP contribution in [0.2, 0.25) is 0 Å². The van der Waals surface area contributed by atoms with Crippen molar-refractivity contribution in [3.63, 3.8) is 0 Å². The molecule has 0 spiro atoms. The standard InChI is InChI=1S/C26H26FN3O3/c1-16(2)25-24(17-4-6-18(27)7-5-17)21-9-8-19(32-3)14-22(21)26(29-25)33-20-11-13-30(15-20)23(31)10-12-28/h4-9,14,16,20H,10-11,13,15H2,1-3H3/t20-/m0/s1. The molecule has 1 amide bonds. The molecule has 7 heteroatoms. The summed E-state index contributed by atoms with van der Waals surface area (Å²) in [7, 11) is 1.61. The molecule has 2 heterocycles. The van der Waals surface area contributed by atoms with Crippen LogP contribution in [0.1, 0.15) is 38.3 Å². The number of rotatable bonds is 6. The first-order valence-corrected chi connectivity index (χ1v) is 11.0. The van der Waals surface area contributed by atoms with Crippen molar-refractivity contribution in [2.45, 2.75) is 38.7 Å². The molecule has 1 aliphatic rings. The van der Waals surface area contributed by atoms with Crippen LogP contribution in [0, 0.1) is 17.1 Å². The molecule has 0 aliphatic carbocycles. The Morgan fingerprint density at radius 3 is 2.67 bits per heavy atom. The first-order valence-electron chi connectivity index (χ1n) is 11.0. The van der Waals surface area contributed by atoms with Gasteiger partial charge in [0.15, 0.2) is 0 Å². The fourth-order valence-electron chi connectivity index (χ4n) is 4.22. The minimum Gasteiger partial charge on any atom is -0.497 e. The van der Waals surface area contributed by atoms with Gasteiger partial charge in [-0.15, -0.1) is 0 Å². The molecule has 0 N–H and O–H groups in total. The summed E-state index contributed by atoms with van der Waals surface area (Å²) >= 11 is 0. The van der Waals surface area contributed by atoms with Gasteiger partial charge in [-0.05, 0) is 47.2 Å². The van der Waals surface area contributed by atoms with E-state index in [4.69, 9.17) is 19.7 Å². The third-order valence-electron chi connectivity index (χ3n) is 5.89. The molecular weight excluding hydrogens is 421 g/mol. The number of nitriles is 1. The summed E-state index contributed by atoms with van der Waals surface area (Å²) in [6.45, 7) is 5.10. The number of carbonyl (C=O) groups excluding carboxylic acids is 1. The fraction of sp³-hybridized carbons (Fsp3) is 0.346. The Bertz CT molecular complexity index is 1220. The number of nitrogens with zero attached hydrogens (tertiary/aromatic N) is 3. The molecule has 0 unspecified atom stereocenters. The maximum Gasteiger partial charge on any atom is 0.236 e. The second kappa shape index (κ2) is 9.45. The van der Waals surface area contributed by atoms with Gasteiger partial charge in [0.1, 0.15) is 24.1 Å². The van der Waals surface area contributed by atoms with Crippen molar-refractivity contribution in [3.8, 4) is 28.8 Å². The molecule has 1 aromatic heterocycles. The second-order valence-electron chi connectivity index (χ2n) is 8.45. The van der Waals surface area contributed by atoms with E-state index >= 15 is 0 Å². The average Bonchev–Trinajstić information content (AvgIpc) is 3.28. The number of pyridine rings is 1. The van der Waals surface area contributed by atoms with Gasteiger partial charge in [0.2, 0.25) is 11.8 Å². The van der Waals surface area contributed by atoms with Crippen molar-refractivity contribution < 1.29 is 18.7 Å². The highest BCUT2D eigenvalue weighted by molar-refractivity contribution is 6.01. The maximum absolute atomic E-state index is 13.6. The molecule has 1 fully saturated rings. The van der Waals surface area contributed by atoms with Crippen LogP contribution in [0.25, 0.3) is 21.9 Å². The number of carbonyl (C=O) groups is 1. The van der Waals surface area contributed by atoms with Crippen LogP contribution in [-0.4, -0.2) is 42.1 Å². The highest BCUT2D eigenvalue weighted by atomic mass is 19.1. The molecule has 4 rings (SSSR count). The minimum absolute atomic E-state index is 0.0937. The number of methoxy groups -OCH3 is 1. The summed E-state index contributed by atoms with van der Waals surface area (Å²) in [5, 5.41) is 10.5. The molecule has 1 atom stereocenters. The monoisotopic (exact) mass is 447 g/mol. The fourth-order valence-corrected chi connectivity index (χ4v) is 4.22. The van der Waals surface area contributed by atoms with E-state index in [-0.39, 0.29) is 30.2 Å².